The number of carbonyl (C=O) groups excluding carboxylic acids is 2. The van der Waals surface area contributed by atoms with E-state index in [1.807, 2.05) is 43.3 Å². The summed E-state index contributed by atoms with van der Waals surface area (Å²) in [5, 5.41) is 3.40. The highest BCUT2D eigenvalue weighted by Crippen LogP contribution is 2.52. The molecule has 0 aromatic heterocycles. The first-order chi connectivity index (χ1) is 14.5. The number of anilines is 1. The predicted octanol–water partition coefficient (Wildman–Crippen LogP) is 4.22. The van der Waals surface area contributed by atoms with Crippen LogP contribution in [0.25, 0.3) is 0 Å². The van der Waals surface area contributed by atoms with Gasteiger partial charge in [-0.3, -0.25) is 9.59 Å². The van der Waals surface area contributed by atoms with Crippen LogP contribution in [0.15, 0.2) is 24.3 Å². The van der Waals surface area contributed by atoms with Gasteiger partial charge in [0, 0.05) is 49.9 Å². The number of hydrogen-bond donors (Lipinski definition) is 1. The molecule has 1 spiro atoms. The molecule has 4 atom stereocenters. The second-order valence-electron chi connectivity index (χ2n) is 9.76. The van der Waals surface area contributed by atoms with Crippen LogP contribution in [0.2, 0.25) is 0 Å². The molecule has 3 fully saturated rings. The first-order valence-electron chi connectivity index (χ1n) is 11.8. The lowest BCUT2D eigenvalue weighted by Crippen LogP contribution is -2.60. The average Bonchev–Trinajstić information content (AvgIpc) is 3.10. The van der Waals surface area contributed by atoms with E-state index in [0.29, 0.717) is 24.2 Å². The summed E-state index contributed by atoms with van der Waals surface area (Å²) in [5.41, 5.74) is 1.89. The summed E-state index contributed by atoms with van der Waals surface area (Å²) < 4.78 is 0. The lowest BCUT2D eigenvalue weighted by atomic mass is 9.61. The standard InChI is InChI=1S/C25H37N3O2/c1-4-7-20-21-8-5-9-23(29)28-17-6-15-25(21,28)16-14-22(20)26-24(30)18-10-12-19(13-11-18)27(2)3/h10-13,20-22H,4-9,14-17H2,1-3H3,(H,26,30)/t20-,21+,22+,25-/m1/s1. The molecule has 4 rings (SSSR count). The van der Waals surface area contributed by atoms with Crippen molar-refractivity contribution >= 4 is 17.5 Å². The molecule has 2 amide bonds. The molecule has 1 aromatic rings. The van der Waals surface area contributed by atoms with Crippen LogP contribution < -0.4 is 10.2 Å². The molecule has 2 aliphatic heterocycles. The summed E-state index contributed by atoms with van der Waals surface area (Å²) in [7, 11) is 4.01. The van der Waals surface area contributed by atoms with E-state index in [-0.39, 0.29) is 17.5 Å². The van der Waals surface area contributed by atoms with Crippen LogP contribution in [0.3, 0.4) is 0 Å². The quantitative estimate of drug-likeness (QED) is 0.789. The SMILES string of the molecule is CCC[C@H]1[C@@H](NC(=O)c2ccc(N(C)C)cc2)CC[C@@]23CCCN2C(=O)CCC[C@@H]13. The molecule has 164 valence electrons. The lowest BCUT2D eigenvalue weighted by Gasteiger charge is -2.53. The van der Waals surface area contributed by atoms with Crippen molar-refractivity contribution in [3.8, 4) is 0 Å². The van der Waals surface area contributed by atoms with Crippen LogP contribution in [0.5, 0.6) is 0 Å². The number of hydrogen-bond acceptors (Lipinski definition) is 3. The second-order valence-corrected chi connectivity index (χ2v) is 9.76. The second kappa shape index (κ2) is 8.60. The highest BCUT2D eigenvalue weighted by molar-refractivity contribution is 5.94. The van der Waals surface area contributed by atoms with Crippen molar-refractivity contribution in [3.63, 3.8) is 0 Å². The van der Waals surface area contributed by atoms with Gasteiger partial charge in [0.1, 0.15) is 0 Å². The van der Waals surface area contributed by atoms with E-state index in [4.69, 9.17) is 0 Å². The molecule has 1 saturated carbocycles. The minimum absolute atomic E-state index is 0.0373. The van der Waals surface area contributed by atoms with E-state index in [0.717, 1.165) is 69.2 Å². The van der Waals surface area contributed by atoms with Crippen LogP contribution >= 0.6 is 0 Å². The molecule has 5 nitrogen and oxygen atoms in total. The Morgan fingerprint density at radius 3 is 2.63 bits per heavy atom. The summed E-state index contributed by atoms with van der Waals surface area (Å²) in [4.78, 5) is 30.1. The normalized spacial score (nSPS) is 31.0. The Balaban J connectivity index is 1.54. The summed E-state index contributed by atoms with van der Waals surface area (Å²) in [6.45, 7) is 3.18. The molecular formula is C25H37N3O2. The Hall–Kier alpha value is -2.04. The van der Waals surface area contributed by atoms with Crippen molar-refractivity contribution in [2.75, 3.05) is 25.5 Å². The van der Waals surface area contributed by atoms with Crippen LogP contribution in [-0.4, -0.2) is 48.9 Å². The zero-order valence-corrected chi connectivity index (χ0v) is 18.8. The van der Waals surface area contributed by atoms with Crippen molar-refractivity contribution in [2.45, 2.75) is 76.3 Å². The van der Waals surface area contributed by atoms with E-state index in [2.05, 4.69) is 17.1 Å². The topological polar surface area (TPSA) is 52.7 Å². The van der Waals surface area contributed by atoms with Gasteiger partial charge in [-0.25, -0.2) is 0 Å². The average molecular weight is 412 g/mol. The summed E-state index contributed by atoms with van der Waals surface area (Å²) in [5.74, 6) is 1.38. The number of rotatable bonds is 5. The summed E-state index contributed by atoms with van der Waals surface area (Å²) in [6, 6.07) is 8.06. The Bertz CT molecular complexity index is 775. The van der Waals surface area contributed by atoms with Gasteiger partial charge in [-0.2, -0.15) is 0 Å². The fraction of sp³-hybridized carbons (Fsp3) is 0.680. The van der Waals surface area contributed by atoms with Gasteiger partial charge < -0.3 is 15.1 Å². The molecule has 0 bridgehead atoms. The first kappa shape index (κ1) is 21.2. The molecule has 1 aromatic carbocycles. The van der Waals surface area contributed by atoms with E-state index in [1.165, 1.54) is 0 Å². The molecule has 0 unspecified atom stereocenters. The Labute approximate surface area is 181 Å². The van der Waals surface area contributed by atoms with Crippen LogP contribution in [0.1, 0.15) is 75.1 Å². The Kier molecular flexibility index (Phi) is 6.08. The van der Waals surface area contributed by atoms with Crippen LogP contribution in [0, 0.1) is 11.8 Å². The van der Waals surface area contributed by atoms with E-state index in [9.17, 15) is 9.59 Å². The van der Waals surface area contributed by atoms with Crippen molar-refractivity contribution in [1.82, 2.24) is 10.2 Å². The maximum absolute atomic E-state index is 13.1. The van der Waals surface area contributed by atoms with Gasteiger partial charge in [0.05, 0.1) is 0 Å². The van der Waals surface area contributed by atoms with Crippen molar-refractivity contribution in [3.05, 3.63) is 29.8 Å². The molecule has 1 N–H and O–H groups in total. The van der Waals surface area contributed by atoms with Gasteiger partial charge in [0.25, 0.3) is 5.91 Å². The fourth-order valence-electron chi connectivity index (χ4n) is 6.57. The monoisotopic (exact) mass is 411 g/mol. The lowest BCUT2D eigenvalue weighted by molar-refractivity contribution is -0.138. The zero-order valence-electron chi connectivity index (χ0n) is 18.8. The van der Waals surface area contributed by atoms with Gasteiger partial charge in [-0.15, -0.1) is 0 Å². The molecule has 1 aliphatic carbocycles. The molecule has 0 radical (unpaired) electrons. The minimum Gasteiger partial charge on any atom is -0.378 e. The summed E-state index contributed by atoms with van der Waals surface area (Å²) >= 11 is 0. The third-order valence-corrected chi connectivity index (χ3v) is 7.93. The van der Waals surface area contributed by atoms with Gasteiger partial charge in [0.15, 0.2) is 0 Å². The number of carbonyl (C=O) groups is 2. The van der Waals surface area contributed by atoms with Crippen molar-refractivity contribution in [2.24, 2.45) is 11.8 Å². The Morgan fingerprint density at radius 2 is 1.93 bits per heavy atom. The van der Waals surface area contributed by atoms with Crippen LogP contribution in [-0.2, 0) is 4.79 Å². The van der Waals surface area contributed by atoms with Crippen LogP contribution in [0.4, 0.5) is 5.69 Å². The van der Waals surface area contributed by atoms with Gasteiger partial charge >= 0.3 is 0 Å². The highest BCUT2D eigenvalue weighted by Gasteiger charge is 2.55. The molecule has 2 heterocycles. The molecule has 30 heavy (non-hydrogen) atoms. The number of amides is 2. The number of nitrogens with one attached hydrogen (secondary N) is 1. The number of nitrogens with zero attached hydrogens (tertiary/aromatic N) is 2. The first-order valence-corrected chi connectivity index (χ1v) is 11.8. The third-order valence-electron chi connectivity index (χ3n) is 7.93. The minimum atomic E-state index is 0.0373. The van der Waals surface area contributed by atoms with Gasteiger partial charge in [0.2, 0.25) is 5.91 Å². The Morgan fingerprint density at radius 1 is 1.17 bits per heavy atom. The molecule has 5 heteroatoms. The largest absolute Gasteiger partial charge is 0.378 e. The smallest absolute Gasteiger partial charge is 0.251 e. The summed E-state index contributed by atoms with van der Waals surface area (Å²) in [6.07, 6.45) is 9.36. The predicted molar refractivity (Wildman–Crippen MR) is 121 cm³/mol. The maximum atomic E-state index is 13.1. The fourth-order valence-corrected chi connectivity index (χ4v) is 6.57. The zero-order chi connectivity index (χ0) is 21.3. The van der Waals surface area contributed by atoms with Gasteiger partial charge in [-0.05, 0) is 81.0 Å². The van der Waals surface area contributed by atoms with Crippen molar-refractivity contribution in [1.29, 1.82) is 0 Å². The van der Waals surface area contributed by atoms with Crippen molar-refractivity contribution < 1.29 is 9.59 Å². The van der Waals surface area contributed by atoms with Gasteiger partial charge in [-0.1, -0.05) is 13.3 Å². The van der Waals surface area contributed by atoms with E-state index in [1.54, 1.807) is 0 Å². The highest BCUT2D eigenvalue weighted by atomic mass is 16.2. The molecular weight excluding hydrogens is 374 g/mol. The maximum Gasteiger partial charge on any atom is 0.251 e. The molecule has 3 aliphatic rings. The van der Waals surface area contributed by atoms with E-state index < -0.39 is 0 Å². The molecule has 2 saturated heterocycles. The number of benzene rings is 1. The third kappa shape index (κ3) is 3.72. The van der Waals surface area contributed by atoms with E-state index >= 15 is 0 Å².